The van der Waals surface area contributed by atoms with E-state index in [1.165, 1.54) is 11.2 Å². The Morgan fingerprint density at radius 1 is 1.25 bits per heavy atom. The quantitative estimate of drug-likeness (QED) is 0.727. The summed E-state index contributed by atoms with van der Waals surface area (Å²) in [5.41, 5.74) is 10.7. The fourth-order valence-electron chi connectivity index (χ4n) is 2.60. The molecule has 0 saturated heterocycles. The van der Waals surface area contributed by atoms with Crippen molar-refractivity contribution < 1.29 is 4.79 Å². The molecule has 0 bridgehead atoms. The smallest absolute Gasteiger partial charge is 0.272 e. The number of pyridine rings is 1. The summed E-state index contributed by atoms with van der Waals surface area (Å²) in [6.45, 7) is 3.87. The minimum atomic E-state index is -0.116. The molecular weight excluding hydrogens is 372 g/mol. The van der Waals surface area contributed by atoms with Crippen molar-refractivity contribution in [2.45, 2.75) is 13.8 Å². The van der Waals surface area contributed by atoms with Crippen molar-refractivity contribution in [2.75, 3.05) is 19.8 Å². The summed E-state index contributed by atoms with van der Waals surface area (Å²) in [5, 5.41) is 4.29. The molecule has 0 aromatic carbocycles. The highest BCUT2D eigenvalue weighted by atomic mass is 79.9. The summed E-state index contributed by atoms with van der Waals surface area (Å²) < 4.78 is 2.53. The summed E-state index contributed by atoms with van der Waals surface area (Å²) in [4.78, 5) is 22.2. The molecule has 3 aromatic rings. The van der Waals surface area contributed by atoms with Gasteiger partial charge in [0.25, 0.3) is 5.91 Å². The Balaban J connectivity index is 2.24. The van der Waals surface area contributed by atoms with Crippen LogP contribution in [0.25, 0.3) is 16.8 Å². The highest BCUT2D eigenvalue weighted by molar-refractivity contribution is 9.10. The topological polar surface area (TPSA) is 89.4 Å². The third kappa shape index (κ3) is 2.43. The lowest BCUT2D eigenvalue weighted by molar-refractivity contribution is 0.0821. The van der Waals surface area contributed by atoms with Gasteiger partial charge in [0.15, 0.2) is 5.82 Å². The van der Waals surface area contributed by atoms with Crippen LogP contribution in [-0.2, 0) is 0 Å². The highest BCUT2D eigenvalue weighted by Gasteiger charge is 2.20. The lowest BCUT2D eigenvalue weighted by atomic mass is 10.0. The molecule has 0 aliphatic heterocycles. The van der Waals surface area contributed by atoms with E-state index in [0.29, 0.717) is 17.0 Å². The fraction of sp³-hybridized carbons (Fsp3) is 0.250. The Kier molecular flexibility index (Phi) is 4.00. The van der Waals surface area contributed by atoms with Gasteiger partial charge in [0.05, 0.1) is 5.69 Å². The van der Waals surface area contributed by atoms with Gasteiger partial charge in [-0.2, -0.15) is 5.10 Å². The van der Waals surface area contributed by atoms with Crippen molar-refractivity contribution >= 4 is 33.2 Å². The number of hydrogen-bond acceptors (Lipinski definition) is 5. The molecule has 0 aliphatic carbocycles. The summed E-state index contributed by atoms with van der Waals surface area (Å²) in [5.74, 6) is 0.278. The Labute approximate surface area is 147 Å². The third-order valence-electron chi connectivity index (χ3n) is 4.07. The number of halogens is 1. The van der Waals surface area contributed by atoms with Gasteiger partial charge in [-0.3, -0.25) is 9.78 Å². The molecule has 124 valence electrons. The molecule has 8 heteroatoms. The van der Waals surface area contributed by atoms with Gasteiger partial charge in [0, 0.05) is 30.3 Å². The van der Waals surface area contributed by atoms with Crippen molar-refractivity contribution in [1.82, 2.24) is 24.5 Å². The molecule has 0 radical (unpaired) electrons. The Morgan fingerprint density at radius 2 is 1.96 bits per heavy atom. The van der Waals surface area contributed by atoms with E-state index in [9.17, 15) is 4.79 Å². The molecule has 2 N–H and O–H groups in total. The predicted octanol–water partition coefficient (Wildman–Crippen LogP) is 2.45. The van der Waals surface area contributed by atoms with Crippen molar-refractivity contribution in [1.29, 1.82) is 0 Å². The zero-order valence-electron chi connectivity index (χ0n) is 13.8. The highest BCUT2D eigenvalue weighted by Crippen LogP contribution is 2.33. The summed E-state index contributed by atoms with van der Waals surface area (Å²) in [6, 6.07) is 1.93. The van der Waals surface area contributed by atoms with Gasteiger partial charge in [0.2, 0.25) is 0 Å². The second-order valence-electron chi connectivity index (χ2n) is 5.75. The molecule has 3 rings (SSSR count). The molecule has 0 aliphatic rings. The number of rotatable bonds is 2. The molecule has 24 heavy (non-hydrogen) atoms. The molecule has 3 heterocycles. The van der Waals surface area contributed by atoms with Gasteiger partial charge < -0.3 is 10.6 Å². The first-order valence-corrected chi connectivity index (χ1v) is 8.08. The third-order valence-corrected chi connectivity index (χ3v) is 4.67. The standard InChI is InChI=1S/C16H17BrN6O/c1-8-9(2)13(16(24)22(3)4)19-6-10(8)12-5-11(17)14-15(18)20-7-21-23(12)14/h5-7H,1-4H3,(H2,18,20,21). The van der Waals surface area contributed by atoms with Crippen LogP contribution >= 0.6 is 15.9 Å². The second-order valence-corrected chi connectivity index (χ2v) is 6.61. The van der Waals surface area contributed by atoms with Crippen LogP contribution in [0.5, 0.6) is 0 Å². The van der Waals surface area contributed by atoms with Crippen molar-refractivity contribution in [3.8, 4) is 11.3 Å². The van der Waals surface area contributed by atoms with E-state index < -0.39 is 0 Å². The zero-order chi connectivity index (χ0) is 17.6. The number of fused-ring (bicyclic) bond motifs is 1. The number of hydrogen-bond donors (Lipinski definition) is 1. The van der Waals surface area contributed by atoms with Crippen molar-refractivity contribution in [3.05, 3.63) is 39.9 Å². The molecule has 0 fully saturated rings. The van der Waals surface area contributed by atoms with E-state index in [1.807, 2.05) is 19.9 Å². The number of amides is 1. The molecule has 0 unspecified atom stereocenters. The number of nitrogen functional groups attached to an aromatic ring is 1. The van der Waals surface area contributed by atoms with E-state index in [1.54, 1.807) is 24.8 Å². The van der Waals surface area contributed by atoms with Crippen LogP contribution in [0.15, 0.2) is 23.1 Å². The minimum Gasteiger partial charge on any atom is -0.382 e. The first-order chi connectivity index (χ1) is 11.3. The predicted molar refractivity (Wildman–Crippen MR) is 95.8 cm³/mol. The van der Waals surface area contributed by atoms with Gasteiger partial charge in [-0.1, -0.05) is 0 Å². The molecule has 1 amide bonds. The van der Waals surface area contributed by atoms with Crippen molar-refractivity contribution in [2.24, 2.45) is 0 Å². The van der Waals surface area contributed by atoms with Gasteiger partial charge in [0.1, 0.15) is 17.5 Å². The van der Waals surface area contributed by atoms with Crippen LogP contribution in [0, 0.1) is 13.8 Å². The van der Waals surface area contributed by atoms with Crippen molar-refractivity contribution in [3.63, 3.8) is 0 Å². The Bertz CT molecular complexity index is 963. The van der Waals surface area contributed by atoms with Gasteiger partial charge in [-0.05, 0) is 47.0 Å². The Hall–Kier alpha value is -2.48. The number of aromatic nitrogens is 4. The summed E-state index contributed by atoms with van der Waals surface area (Å²) in [6.07, 6.45) is 3.11. The number of nitrogens with zero attached hydrogens (tertiary/aromatic N) is 5. The molecule has 0 saturated carbocycles. The molecule has 0 spiro atoms. The van der Waals surface area contributed by atoms with E-state index in [2.05, 4.69) is 31.0 Å². The molecule has 7 nitrogen and oxygen atoms in total. The minimum absolute atomic E-state index is 0.116. The fourth-order valence-corrected chi connectivity index (χ4v) is 3.19. The van der Waals surface area contributed by atoms with E-state index in [-0.39, 0.29) is 5.91 Å². The Morgan fingerprint density at radius 3 is 2.62 bits per heavy atom. The van der Waals surface area contributed by atoms with Crippen LogP contribution in [-0.4, -0.2) is 44.5 Å². The zero-order valence-corrected chi connectivity index (χ0v) is 15.4. The molecular formula is C16H17BrN6O. The lowest BCUT2D eigenvalue weighted by Gasteiger charge is -2.15. The SMILES string of the molecule is Cc1c(-c2cc(Br)c3c(N)ncnn23)cnc(C(=O)N(C)C)c1C. The number of anilines is 1. The van der Waals surface area contributed by atoms with Crippen LogP contribution in [0.1, 0.15) is 21.6 Å². The van der Waals surface area contributed by atoms with Crippen LogP contribution in [0.2, 0.25) is 0 Å². The summed E-state index contributed by atoms with van der Waals surface area (Å²) in [7, 11) is 3.42. The monoisotopic (exact) mass is 388 g/mol. The van der Waals surface area contributed by atoms with E-state index in [0.717, 1.165) is 26.9 Å². The molecule has 3 aromatic heterocycles. The van der Waals surface area contributed by atoms with E-state index in [4.69, 9.17) is 5.73 Å². The first kappa shape index (κ1) is 16.4. The van der Waals surface area contributed by atoms with E-state index >= 15 is 0 Å². The first-order valence-electron chi connectivity index (χ1n) is 7.28. The van der Waals surface area contributed by atoms with Crippen LogP contribution in [0.4, 0.5) is 5.82 Å². The van der Waals surface area contributed by atoms with Gasteiger partial charge in [-0.15, -0.1) is 0 Å². The van der Waals surface area contributed by atoms with Crippen LogP contribution < -0.4 is 5.73 Å². The maximum atomic E-state index is 12.2. The second kappa shape index (κ2) is 5.86. The largest absolute Gasteiger partial charge is 0.382 e. The number of carbonyl (C=O) groups excluding carboxylic acids is 1. The van der Waals surface area contributed by atoms with Gasteiger partial charge >= 0.3 is 0 Å². The van der Waals surface area contributed by atoms with Gasteiger partial charge in [-0.25, -0.2) is 9.50 Å². The number of nitrogens with two attached hydrogens (primary N) is 1. The number of carbonyl (C=O) groups is 1. The average Bonchev–Trinajstić information content (AvgIpc) is 2.87. The lowest BCUT2D eigenvalue weighted by Crippen LogP contribution is -2.24. The normalized spacial score (nSPS) is 11.0. The summed E-state index contributed by atoms with van der Waals surface area (Å²) >= 11 is 3.50. The van der Waals surface area contributed by atoms with Crippen LogP contribution in [0.3, 0.4) is 0 Å². The maximum Gasteiger partial charge on any atom is 0.272 e. The average molecular weight is 389 g/mol. The molecule has 0 atom stereocenters. The maximum absolute atomic E-state index is 12.2.